The molecule has 1 N–H and O–H groups in total. The van der Waals surface area contributed by atoms with Crippen molar-refractivity contribution in [2.75, 3.05) is 19.6 Å². The van der Waals surface area contributed by atoms with Crippen molar-refractivity contribution in [2.45, 2.75) is 70.5 Å². The number of rotatable bonds is 10. The highest BCUT2D eigenvalue weighted by Crippen LogP contribution is 2.32. The van der Waals surface area contributed by atoms with Gasteiger partial charge >= 0.3 is 0 Å². The molecular formula is C38H41ClN4O4. The molecule has 3 heterocycles. The van der Waals surface area contributed by atoms with E-state index in [0.717, 1.165) is 37.8 Å². The van der Waals surface area contributed by atoms with E-state index >= 15 is 0 Å². The van der Waals surface area contributed by atoms with Gasteiger partial charge in [-0.1, -0.05) is 67.1 Å². The molecule has 47 heavy (non-hydrogen) atoms. The number of halogens is 1. The molecule has 0 saturated carbocycles. The lowest BCUT2D eigenvalue weighted by Gasteiger charge is -2.35. The van der Waals surface area contributed by atoms with Crippen LogP contribution in [-0.4, -0.2) is 57.8 Å². The van der Waals surface area contributed by atoms with Crippen molar-refractivity contribution < 1.29 is 14.4 Å². The van der Waals surface area contributed by atoms with E-state index in [-0.39, 0.29) is 28.9 Å². The zero-order chi connectivity index (χ0) is 32.9. The molecule has 2 fully saturated rings. The molecule has 9 heteroatoms. The lowest BCUT2D eigenvalue weighted by Crippen LogP contribution is -2.52. The van der Waals surface area contributed by atoms with Crippen molar-refractivity contribution in [3.63, 3.8) is 0 Å². The summed E-state index contributed by atoms with van der Waals surface area (Å²) in [5.41, 5.74) is 4.01. The first-order valence-electron chi connectivity index (χ1n) is 16.6. The zero-order valence-electron chi connectivity index (χ0n) is 26.8. The second kappa shape index (κ2) is 14.6. The van der Waals surface area contributed by atoms with Gasteiger partial charge in [-0.25, -0.2) is 0 Å². The fraction of sp³-hybridized carbons (Fsp3) is 0.368. The van der Waals surface area contributed by atoms with Crippen LogP contribution in [0.25, 0.3) is 10.9 Å². The largest absolute Gasteiger partial charge is 0.341 e. The van der Waals surface area contributed by atoms with Crippen molar-refractivity contribution in [3.8, 4) is 0 Å². The summed E-state index contributed by atoms with van der Waals surface area (Å²) in [5, 5.41) is 4.17. The Kier molecular flexibility index (Phi) is 10.1. The standard InChI is InChI=1S/C38H41ClN4O4/c1-2-19-43-33-11-6-5-10-31(33)35(44)24-34(43)37(46)40-32(23-26-13-15-29(39)16-14-26)38(47)41-21-17-27(18-22-41)30-9-4-3-8-28(30)25-42-20-7-12-36(42)45/h3-6,8-11,13-16,24,27,32H,2,7,12,17-23,25H2,1H3,(H,40,46)/t32-/m0/s1. The molecule has 2 saturated heterocycles. The summed E-state index contributed by atoms with van der Waals surface area (Å²) in [6.07, 6.45) is 4.17. The van der Waals surface area contributed by atoms with Gasteiger partial charge < -0.3 is 19.7 Å². The predicted octanol–water partition coefficient (Wildman–Crippen LogP) is 5.93. The Morgan fingerprint density at radius 3 is 2.38 bits per heavy atom. The van der Waals surface area contributed by atoms with Crippen molar-refractivity contribution in [2.24, 2.45) is 0 Å². The van der Waals surface area contributed by atoms with Gasteiger partial charge in [-0.2, -0.15) is 0 Å². The van der Waals surface area contributed by atoms with E-state index in [1.54, 1.807) is 18.2 Å². The number of pyridine rings is 1. The fourth-order valence-corrected chi connectivity index (χ4v) is 7.18. The number of hydrogen-bond donors (Lipinski definition) is 1. The van der Waals surface area contributed by atoms with E-state index in [0.29, 0.717) is 54.9 Å². The minimum atomic E-state index is -0.828. The molecule has 0 bridgehead atoms. The van der Waals surface area contributed by atoms with Crippen LogP contribution in [0.4, 0.5) is 0 Å². The summed E-state index contributed by atoms with van der Waals surface area (Å²) in [5.74, 6) is -0.107. The molecule has 3 aromatic carbocycles. The molecule has 8 nitrogen and oxygen atoms in total. The highest BCUT2D eigenvalue weighted by atomic mass is 35.5. The molecule has 0 radical (unpaired) electrons. The monoisotopic (exact) mass is 652 g/mol. The van der Waals surface area contributed by atoms with E-state index in [9.17, 15) is 19.2 Å². The number of hydrogen-bond acceptors (Lipinski definition) is 4. The molecule has 2 aliphatic rings. The van der Waals surface area contributed by atoms with E-state index in [1.807, 2.05) is 63.8 Å². The molecule has 1 aromatic heterocycles. The number of nitrogens with one attached hydrogen (secondary N) is 1. The summed E-state index contributed by atoms with van der Waals surface area (Å²) in [7, 11) is 0. The quantitative estimate of drug-likeness (QED) is 0.230. The normalized spacial score (nSPS) is 16.1. The zero-order valence-corrected chi connectivity index (χ0v) is 27.5. The number of piperidine rings is 1. The Balaban J connectivity index is 1.21. The second-order valence-corrected chi connectivity index (χ2v) is 13.1. The van der Waals surface area contributed by atoms with Crippen molar-refractivity contribution in [3.05, 3.63) is 116 Å². The molecule has 0 spiro atoms. The number of para-hydroxylation sites is 1. The first-order chi connectivity index (χ1) is 22.8. The van der Waals surface area contributed by atoms with Crippen molar-refractivity contribution >= 4 is 40.2 Å². The van der Waals surface area contributed by atoms with Crippen LogP contribution in [0.1, 0.15) is 72.1 Å². The molecular weight excluding hydrogens is 612 g/mol. The van der Waals surface area contributed by atoms with Gasteiger partial charge in [-0.3, -0.25) is 19.2 Å². The molecule has 0 unspecified atom stereocenters. The average Bonchev–Trinajstić information content (AvgIpc) is 3.50. The van der Waals surface area contributed by atoms with E-state index in [1.165, 1.54) is 17.2 Å². The van der Waals surface area contributed by atoms with Gasteiger partial charge in [0.15, 0.2) is 5.43 Å². The van der Waals surface area contributed by atoms with Crippen LogP contribution < -0.4 is 10.7 Å². The predicted molar refractivity (Wildman–Crippen MR) is 185 cm³/mol. The number of amides is 3. The Hall–Kier alpha value is -4.43. The highest BCUT2D eigenvalue weighted by molar-refractivity contribution is 6.30. The third kappa shape index (κ3) is 7.28. The van der Waals surface area contributed by atoms with Crippen LogP contribution in [-0.2, 0) is 29.1 Å². The van der Waals surface area contributed by atoms with Crippen molar-refractivity contribution in [1.29, 1.82) is 0 Å². The molecule has 3 amide bonds. The maximum absolute atomic E-state index is 14.2. The van der Waals surface area contributed by atoms with Gasteiger partial charge in [0, 0.05) is 62.0 Å². The molecule has 4 aromatic rings. The summed E-state index contributed by atoms with van der Waals surface area (Å²) in [6, 6.07) is 23.5. The first-order valence-corrected chi connectivity index (χ1v) is 17.0. The number of carbonyl (C=O) groups is 3. The van der Waals surface area contributed by atoms with Crippen LogP contribution in [0, 0.1) is 0 Å². The number of nitrogens with zero attached hydrogens (tertiary/aromatic N) is 3. The molecule has 1 atom stereocenters. The summed E-state index contributed by atoms with van der Waals surface area (Å²) >= 11 is 6.14. The topological polar surface area (TPSA) is 91.7 Å². The number of likely N-dealkylation sites (tertiary alicyclic amines) is 2. The third-order valence-corrected chi connectivity index (χ3v) is 9.74. The lowest BCUT2D eigenvalue weighted by atomic mass is 9.86. The van der Waals surface area contributed by atoms with Gasteiger partial charge in [0.25, 0.3) is 5.91 Å². The Morgan fingerprint density at radius 2 is 1.66 bits per heavy atom. The number of carbonyl (C=O) groups excluding carboxylic acids is 3. The van der Waals surface area contributed by atoms with Crippen molar-refractivity contribution in [1.82, 2.24) is 19.7 Å². The van der Waals surface area contributed by atoms with Gasteiger partial charge in [-0.05, 0) is 72.6 Å². The smallest absolute Gasteiger partial charge is 0.268 e. The van der Waals surface area contributed by atoms with Crippen LogP contribution in [0.2, 0.25) is 5.02 Å². The van der Waals surface area contributed by atoms with Crippen LogP contribution in [0.5, 0.6) is 0 Å². The van der Waals surface area contributed by atoms with Crippen LogP contribution in [0.3, 0.4) is 0 Å². The first kappa shape index (κ1) is 32.5. The maximum Gasteiger partial charge on any atom is 0.268 e. The summed E-state index contributed by atoms with van der Waals surface area (Å²) < 4.78 is 1.87. The third-order valence-electron chi connectivity index (χ3n) is 9.49. The van der Waals surface area contributed by atoms with E-state index < -0.39 is 11.9 Å². The van der Waals surface area contributed by atoms with Gasteiger partial charge in [0.05, 0.1) is 5.52 Å². The summed E-state index contributed by atoms with van der Waals surface area (Å²) in [4.78, 5) is 57.2. The van der Waals surface area contributed by atoms with Gasteiger partial charge in [0.2, 0.25) is 11.8 Å². The number of aryl methyl sites for hydroxylation is 1. The van der Waals surface area contributed by atoms with E-state index in [2.05, 4.69) is 17.4 Å². The summed E-state index contributed by atoms with van der Waals surface area (Å²) in [6.45, 7) is 5.12. The Bertz CT molecular complexity index is 1830. The van der Waals surface area contributed by atoms with Gasteiger partial charge in [0.1, 0.15) is 11.7 Å². The molecule has 0 aliphatic carbocycles. The fourth-order valence-electron chi connectivity index (χ4n) is 7.05. The highest BCUT2D eigenvalue weighted by Gasteiger charge is 2.32. The SMILES string of the molecule is CCCn1c(C(=O)N[C@@H](Cc2ccc(Cl)cc2)C(=O)N2CCC(c3ccccc3CN3CCCC3=O)CC2)cc(=O)c2ccccc21. The number of aromatic nitrogens is 1. The molecule has 2 aliphatic heterocycles. The average molecular weight is 653 g/mol. The number of benzene rings is 3. The van der Waals surface area contributed by atoms with Gasteiger partial charge in [-0.15, -0.1) is 0 Å². The lowest BCUT2D eigenvalue weighted by molar-refractivity contribution is -0.134. The molecule has 6 rings (SSSR count). The number of fused-ring (bicyclic) bond motifs is 1. The Morgan fingerprint density at radius 1 is 0.936 bits per heavy atom. The van der Waals surface area contributed by atoms with E-state index in [4.69, 9.17) is 11.6 Å². The minimum Gasteiger partial charge on any atom is -0.341 e. The van der Waals surface area contributed by atoms with Crippen LogP contribution in [0.15, 0.2) is 83.7 Å². The maximum atomic E-state index is 14.2. The minimum absolute atomic E-state index is 0.145. The van der Waals surface area contributed by atoms with Crippen LogP contribution >= 0.6 is 11.6 Å². The second-order valence-electron chi connectivity index (χ2n) is 12.6. The Labute approximate surface area is 280 Å². The molecule has 244 valence electrons.